The molecule has 2 nitrogen and oxygen atoms in total. The van der Waals surface area contributed by atoms with Crippen molar-refractivity contribution < 1.29 is 0 Å². The highest BCUT2D eigenvalue weighted by molar-refractivity contribution is 7.12. The quantitative estimate of drug-likeness (QED) is 0.722. The highest BCUT2D eigenvalue weighted by atomic mass is 35.5. The van der Waals surface area contributed by atoms with Gasteiger partial charge in [-0.05, 0) is 37.8 Å². The van der Waals surface area contributed by atoms with Gasteiger partial charge in [0, 0.05) is 11.8 Å². The number of hydrogen-bond donors (Lipinski definition) is 1. The lowest BCUT2D eigenvalue weighted by Gasteiger charge is -2.15. The number of fused-ring (bicyclic) bond motifs is 1. The zero-order chi connectivity index (χ0) is 11.8. The molecule has 0 bridgehead atoms. The Hall–Kier alpha value is -0.980. The molecule has 2 heterocycles. The minimum absolute atomic E-state index is 0. The predicted molar refractivity (Wildman–Crippen MR) is 77.0 cm³/mol. The third-order valence-electron chi connectivity index (χ3n) is 2.30. The number of rotatable bonds is 0. The Kier molecular flexibility index (Phi) is 4.24. The van der Waals surface area contributed by atoms with Gasteiger partial charge in [0.25, 0.3) is 0 Å². The molecule has 1 aromatic heterocycles. The number of thiophene rings is 1. The summed E-state index contributed by atoms with van der Waals surface area (Å²) in [7, 11) is 0. The molecule has 1 unspecified atom stereocenters. The predicted octanol–water partition coefficient (Wildman–Crippen LogP) is 2.85. The van der Waals surface area contributed by atoms with Crippen molar-refractivity contribution >= 4 is 29.6 Å². The standard InChI is InChI=1S/C13H16N2S.ClH/c1-13(2,3)6-4-10-8-9-5-7-16-11(9)12(14)15-10;/h5,7,10H,8H2,1-3H3,(H2,14,15);1H. The Labute approximate surface area is 113 Å². The molecule has 0 fully saturated rings. The average molecular weight is 269 g/mol. The van der Waals surface area contributed by atoms with Crippen molar-refractivity contribution in [2.24, 2.45) is 16.1 Å². The molecule has 17 heavy (non-hydrogen) atoms. The van der Waals surface area contributed by atoms with Crippen LogP contribution in [0.3, 0.4) is 0 Å². The van der Waals surface area contributed by atoms with Gasteiger partial charge >= 0.3 is 0 Å². The van der Waals surface area contributed by atoms with E-state index in [1.165, 1.54) is 5.56 Å². The normalized spacial score (nSPS) is 18.3. The van der Waals surface area contributed by atoms with Gasteiger partial charge in [-0.25, -0.2) is 0 Å². The van der Waals surface area contributed by atoms with Crippen LogP contribution < -0.4 is 5.73 Å². The highest BCUT2D eigenvalue weighted by Crippen LogP contribution is 2.23. The second kappa shape index (κ2) is 5.12. The molecular weight excluding hydrogens is 252 g/mol. The molecule has 0 spiro atoms. The van der Waals surface area contributed by atoms with Crippen molar-refractivity contribution in [3.8, 4) is 11.8 Å². The fourth-order valence-corrected chi connectivity index (χ4v) is 2.43. The number of nitrogens with two attached hydrogens (primary N) is 1. The van der Waals surface area contributed by atoms with E-state index in [-0.39, 0.29) is 23.9 Å². The Balaban J connectivity index is 0.00000144. The second-order valence-corrected chi connectivity index (χ2v) is 5.94. The highest BCUT2D eigenvalue weighted by Gasteiger charge is 2.19. The van der Waals surface area contributed by atoms with E-state index in [1.807, 2.05) is 0 Å². The van der Waals surface area contributed by atoms with E-state index in [0.29, 0.717) is 5.84 Å². The maximum Gasteiger partial charge on any atom is 0.137 e. The molecule has 0 saturated carbocycles. The molecule has 2 rings (SSSR count). The summed E-state index contributed by atoms with van der Waals surface area (Å²) < 4.78 is 0. The monoisotopic (exact) mass is 268 g/mol. The minimum atomic E-state index is 0. The fraction of sp³-hybridized carbons (Fsp3) is 0.462. The van der Waals surface area contributed by atoms with Gasteiger partial charge < -0.3 is 5.73 Å². The first-order chi connectivity index (χ1) is 7.46. The molecule has 0 aliphatic carbocycles. The van der Waals surface area contributed by atoms with Crippen molar-refractivity contribution in [1.29, 1.82) is 0 Å². The van der Waals surface area contributed by atoms with E-state index in [0.717, 1.165) is 11.3 Å². The van der Waals surface area contributed by atoms with Gasteiger partial charge in [0.2, 0.25) is 0 Å². The smallest absolute Gasteiger partial charge is 0.137 e. The van der Waals surface area contributed by atoms with Crippen LogP contribution in [0.5, 0.6) is 0 Å². The summed E-state index contributed by atoms with van der Waals surface area (Å²) in [5, 5.41) is 2.06. The maximum atomic E-state index is 5.91. The van der Waals surface area contributed by atoms with Crippen molar-refractivity contribution in [3.05, 3.63) is 21.9 Å². The summed E-state index contributed by atoms with van der Waals surface area (Å²) in [6.07, 6.45) is 0.891. The van der Waals surface area contributed by atoms with Crippen LogP contribution >= 0.6 is 23.7 Å². The van der Waals surface area contributed by atoms with E-state index in [1.54, 1.807) is 11.3 Å². The molecule has 0 amide bonds. The van der Waals surface area contributed by atoms with Gasteiger partial charge in [-0.2, -0.15) is 0 Å². The third kappa shape index (κ3) is 3.49. The second-order valence-electron chi connectivity index (χ2n) is 5.03. The topological polar surface area (TPSA) is 38.4 Å². The van der Waals surface area contributed by atoms with Crippen LogP contribution in [0.2, 0.25) is 0 Å². The summed E-state index contributed by atoms with van der Waals surface area (Å²) in [6, 6.07) is 2.15. The third-order valence-corrected chi connectivity index (χ3v) is 3.28. The lowest BCUT2D eigenvalue weighted by atomic mass is 9.96. The van der Waals surface area contributed by atoms with Crippen LogP contribution in [-0.4, -0.2) is 11.9 Å². The SMILES string of the molecule is CC(C)(C)C#CC1Cc2ccsc2C(N)=N1.Cl. The molecule has 1 aromatic rings. The van der Waals surface area contributed by atoms with E-state index >= 15 is 0 Å². The lowest BCUT2D eigenvalue weighted by molar-refractivity contribution is 0.569. The summed E-state index contributed by atoms with van der Waals surface area (Å²) >= 11 is 1.66. The van der Waals surface area contributed by atoms with Crippen LogP contribution in [0.1, 0.15) is 31.2 Å². The first-order valence-electron chi connectivity index (χ1n) is 5.38. The zero-order valence-electron chi connectivity index (χ0n) is 10.3. The molecule has 1 aliphatic rings. The number of aliphatic imine (C=N–C) groups is 1. The van der Waals surface area contributed by atoms with E-state index in [9.17, 15) is 0 Å². The number of nitrogens with zero attached hydrogens (tertiary/aromatic N) is 1. The molecule has 92 valence electrons. The molecule has 0 aromatic carbocycles. The van der Waals surface area contributed by atoms with Gasteiger partial charge in [-0.1, -0.05) is 11.8 Å². The first-order valence-corrected chi connectivity index (χ1v) is 6.26. The first kappa shape index (κ1) is 14.1. The van der Waals surface area contributed by atoms with Gasteiger partial charge in [0.15, 0.2) is 0 Å². The summed E-state index contributed by atoms with van der Waals surface area (Å²) in [5.41, 5.74) is 7.22. The lowest BCUT2D eigenvalue weighted by Crippen LogP contribution is -2.24. The van der Waals surface area contributed by atoms with Crippen molar-refractivity contribution in [2.75, 3.05) is 0 Å². The number of hydrogen-bond acceptors (Lipinski definition) is 3. The molecule has 1 aliphatic heterocycles. The van der Waals surface area contributed by atoms with E-state index < -0.39 is 0 Å². The Morgan fingerprint density at radius 3 is 2.82 bits per heavy atom. The summed E-state index contributed by atoms with van der Waals surface area (Å²) in [6.45, 7) is 6.31. The van der Waals surface area contributed by atoms with Crippen LogP contribution in [0.4, 0.5) is 0 Å². The largest absolute Gasteiger partial charge is 0.383 e. The Morgan fingerprint density at radius 1 is 1.47 bits per heavy atom. The van der Waals surface area contributed by atoms with Crippen LogP contribution in [0, 0.1) is 17.3 Å². The number of halogens is 1. The Morgan fingerprint density at radius 2 is 2.18 bits per heavy atom. The maximum absolute atomic E-state index is 5.91. The molecule has 4 heteroatoms. The van der Waals surface area contributed by atoms with Crippen molar-refractivity contribution in [2.45, 2.75) is 33.2 Å². The van der Waals surface area contributed by atoms with Crippen LogP contribution in [0.15, 0.2) is 16.4 Å². The number of amidine groups is 1. The molecule has 0 saturated heterocycles. The minimum Gasteiger partial charge on any atom is -0.383 e. The summed E-state index contributed by atoms with van der Waals surface area (Å²) in [5.74, 6) is 7.08. The van der Waals surface area contributed by atoms with Gasteiger partial charge in [0.1, 0.15) is 11.9 Å². The average Bonchev–Trinajstić information content (AvgIpc) is 2.62. The zero-order valence-corrected chi connectivity index (χ0v) is 11.9. The molecule has 0 radical (unpaired) electrons. The van der Waals surface area contributed by atoms with E-state index in [4.69, 9.17) is 5.73 Å². The van der Waals surface area contributed by atoms with Gasteiger partial charge in [0.05, 0.1) is 4.88 Å². The Bertz CT molecular complexity index is 485. The summed E-state index contributed by atoms with van der Waals surface area (Å²) in [4.78, 5) is 5.55. The van der Waals surface area contributed by atoms with Gasteiger partial charge in [-0.3, -0.25) is 4.99 Å². The van der Waals surface area contributed by atoms with Crippen LogP contribution in [0.25, 0.3) is 0 Å². The van der Waals surface area contributed by atoms with Crippen molar-refractivity contribution in [3.63, 3.8) is 0 Å². The van der Waals surface area contributed by atoms with Crippen LogP contribution in [-0.2, 0) is 6.42 Å². The molecule has 2 N–H and O–H groups in total. The molecule has 1 atom stereocenters. The molecular formula is C13H17ClN2S. The van der Waals surface area contributed by atoms with Crippen molar-refractivity contribution in [1.82, 2.24) is 0 Å². The van der Waals surface area contributed by atoms with Gasteiger partial charge in [-0.15, -0.1) is 23.7 Å². The fourth-order valence-electron chi connectivity index (χ4n) is 1.58. The van der Waals surface area contributed by atoms with E-state index in [2.05, 4.69) is 49.1 Å².